The van der Waals surface area contributed by atoms with E-state index in [9.17, 15) is 14.7 Å². The number of aliphatic hydroxyl groups excluding tert-OH is 1. The number of amides is 1. The maximum Gasteiger partial charge on any atom is 0.294 e. The molecule has 1 aliphatic heterocycles. The van der Waals surface area contributed by atoms with Gasteiger partial charge >= 0.3 is 0 Å². The molecule has 0 aliphatic carbocycles. The first-order valence-electron chi connectivity index (χ1n) is 9.78. The van der Waals surface area contributed by atoms with Crippen LogP contribution in [-0.4, -0.2) is 28.9 Å². The average molecular weight is 435 g/mol. The largest absolute Gasteiger partial charge is 0.503 e. The van der Waals surface area contributed by atoms with Gasteiger partial charge in [-0.3, -0.25) is 14.5 Å². The van der Waals surface area contributed by atoms with E-state index in [4.69, 9.17) is 4.74 Å². The number of aryl methyl sites for hydroxylation is 3. The Morgan fingerprint density at radius 2 is 1.87 bits per heavy atom. The van der Waals surface area contributed by atoms with E-state index in [-0.39, 0.29) is 5.57 Å². The second-order valence-electron chi connectivity index (χ2n) is 7.40. The molecule has 1 unspecified atom stereocenters. The number of nitrogens with zero attached hydrogens (tertiary/aromatic N) is 2. The quantitative estimate of drug-likeness (QED) is 0.580. The molecule has 0 saturated carbocycles. The second-order valence-corrected chi connectivity index (χ2v) is 8.60. The van der Waals surface area contributed by atoms with Gasteiger partial charge in [0.15, 0.2) is 5.76 Å². The third-order valence-corrected chi connectivity index (χ3v) is 6.35. The number of anilines is 1. The number of thiazole rings is 1. The maximum atomic E-state index is 13.6. The highest BCUT2D eigenvalue weighted by atomic mass is 32.1. The summed E-state index contributed by atoms with van der Waals surface area (Å²) in [6.45, 7) is 5.49. The number of hydrogen-bond acceptors (Lipinski definition) is 6. The van der Waals surface area contributed by atoms with Crippen molar-refractivity contribution in [2.75, 3.05) is 12.0 Å². The molecule has 0 radical (unpaired) electrons. The molecule has 0 saturated heterocycles. The van der Waals surface area contributed by atoms with Gasteiger partial charge in [0.2, 0.25) is 5.78 Å². The van der Waals surface area contributed by atoms with Gasteiger partial charge in [-0.2, -0.15) is 0 Å². The van der Waals surface area contributed by atoms with E-state index >= 15 is 0 Å². The number of aliphatic hydroxyl groups is 1. The van der Waals surface area contributed by atoms with Crippen LogP contribution in [0.2, 0.25) is 0 Å². The van der Waals surface area contributed by atoms with Crippen LogP contribution in [0.1, 0.15) is 37.5 Å². The van der Waals surface area contributed by atoms with E-state index in [0.717, 1.165) is 10.6 Å². The van der Waals surface area contributed by atoms with E-state index < -0.39 is 23.5 Å². The molecule has 1 amide bonds. The molecule has 1 aliphatic rings. The number of carbonyl (C=O) groups excluding carboxylic acids is 2. The van der Waals surface area contributed by atoms with Gasteiger partial charge in [-0.25, -0.2) is 4.98 Å². The third-order valence-electron chi connectivity index (χ3n) is 5.28. The predicted octanol–water partition coefficient (Wildman–Crippen LogP) is 4.86. The van der Waals surface area contributed by atoms with Crippen LogP contribution in [0.4, 0.5) is 5.69 Å². The Morgan fingerprint density at radius 1 is 1.13 bits per heavy atom. The van der Waals surface area contributed by atoms with E-state index in [2.05, 4.69) is 4.98 Å². The van der Waals surface area contributed by atoms with Crippen molar-refractivity contribution >= 4 is 28.7 Å². The first-order chi connectivity index (χ1) is 14.8. The maximum absolute atomic E-state index is 13.6. The molecular formula is C24H22N2O4S. The first-order valence-corrected chi connectivity index (χ1v) is 10.6. The van der Waals surface area contributed by atoms with Gasteiger partial charge in [-0.15, -0.1) is 11.3 Å². The number of para-hydroxylation sites is 1. The van der Waals surface area contributed by atoms with Crippen LogP contribution in [0.3, 0.4) is 0 Å². The summed E-state index contributed by atoms with van der Waals surface area (Å²) in [6.07, 6.45) is 0. The molecule has 158 valence electrons. The standard InChI is InChI=1S/C24H22N2O4S/c1-13-8-7-9-16(12-13)26-20(17-10-5-6-11-18(17)30-4)19(22(28)24(26)29)21(27)23-14(2)25-15(3)31-23/h5-12,20,28H,1-4H3. The molecule has 1 aromatic heterocycles. The fraction of sp³-hybridized carbons (Fsp3) is 0.208. The van der Waals surface area contributed by atoms with Crippen molar-refractivity contribution in [1.82, 2.24) is 4.98 Å². The fourth-order valence-corrected chi connectivity index (χ4v) is 4.81. The molecule has 0 fully saturated rings. The van der Waals surface area contributed by atoms with Crippen LogP contribution in [0.25, 0.3) is 0 Å². The predicted molar refractivity (Wildman–Crippen MR) is 120 cm³/mol. The first kappa shape index (κ1) is 20.8. The lowest BCUT2D eigenvalue weighted by Crippen LogP contribution is -2.31. The molecule has 4 rings (SSSR count). The lowest BCUT2D eigenvalue weighted by atomic mass is 9.94. The molecule has 2 heterocycles. The summed E-state index contributed by atoms with van der Waals surface area (Å²) in [5.74, 6) is -1.05. The molecule has 0 spiro atoms. The summed E-state index contributed by atoms with van der Waals surface area (Å²) in [7, 11) is 1.54. The van der Waals surface area contributed by atoms with Gasteiger partial charge in [0.05, 0.1) is 34.3 Å². The zero-order valence-electron chi connectivity index (χ0n) is 17.7. The van der Waals surface area contributed by atoms with Gasteiger partial charge in [0.25, 0.3) is 5.91 Å². The van der Waals surface area contributed by atoms with Gasteiger partial charge < -0.3 is 9.84 Å². The summed E-state index contributed by atoms with van der Waals surface area (Å²) in [5, 5.41) is 11.6. The summed E-state index contributed by atoms with van der Waals surface area (Å²) >= 11 is 1.25. The molecular weight excluding hydrogens is 412 g/mol. The Labute approximate surface area is 184 Å². The van der Waals surface area contributed by atoms with Crippen molar-refractivity contribution in [1.29, 1.82) is 0 Å². The number of ketones is 1. The van der Waals surface area contributed by atoms with Crippen LogP contribution >= 0.6 is 11.3 Å². The minimum absolute atomic E-state index is 0.0303. The van der Waals surface area contributed by atoms with Gasteiger partial charge in [-0.1, -0.05) is 30.3 Å². The van der Waals surface area contributed by atoms with E-state index in [1.807, 2.05) is 44.2 Å². The SMILES string of the molecule is COc1ccccc1C1C(C(=O)c2sc(C)nc2C)=C(O)C(=O)N1c1cccc(C)c1. The normalized spacial score (nSPS) is 16.2. The highest BCUT2D eigenvalue weighted by Crippen LogP contribution is 2.45. The van der Waals surface area contributed by atoms with E-state index in [1.54, 1.807) is 25.1 Å². The van der Waals surface area contributed by atoms with Gasteiger partial charge in [0.1, 0.15) is 5.75 Å². The van der Waals surface area contributed by atoms with E-state index in [1.165, 1.54) is 23.3 Å². The number of aromatic nitrogens is 1. The highest BCUT2D eigenvalue weighted by Gasteiger charge is 2.46. The number of carbonyl (C=O) groups is 2. The molecule has 3 aromatic rings. The van der Waals surface area contributed by atoms with Crippen LogP contribution < -0.4 is 9.64 Å². The average Bonchev–Trinajstić information content (AvgIpc) is 3.23. The van der Waals surface area contributed by atoms with Gasteiger partial charge in [0, 0.05) is 11.3 Å². The smallest absolute Gasteiger partial charge is 0.294 e. The Kier molecular flexibility index (Phi) is 5.37. The number of ether oxygens (including phenoxy) is 1. The Morgan fingerprint density at radius 3 is 2.52 bits per heavy atom. The molecule has 31 heavy (non-hydrogen) atoms. The Balaban J connectivity index is 1.94. The van der Waals surface area contributed by atoms with Crippen molar-refractivity contribution in [3.63, 3.8) is 0 Å². The van der Waals surface area contributed by atoms with Crippen molar-refractivity contribution < 1.29 is 19.4 Å². The second kappa shape index (κ2) is 8.00. The minimum atomic E-state index is -0.834. The van der Waals surface area contributed by atoms with Crippen molar-refractivity contribution in [3.8, 4) is 5.75 Å². The minimum Gasteiger partial charge on any atom is -0.503 e. The number of benzene rings is 2. The van der Waals surface area contributed by atoms with Crippen LogP contribution in [0, 0.1) is 20.8 Å². The zero-order chi connectivity index (χ0) is 22.3. The lowest BCUT2D eigenvalue weighted by Gasteiger charge is -2.28. The number of Topliss-reactive ketones (excluding diaryl/α,β-unsaturated/α-hetero) is 1. The summed E-state index contributed by atoms with van der Waals surface area (Å²) in [6, 6.07) is 13.8. The van der Waals surface area contributed by atoms with Crippen molar-refractivity contribution in [2.45, 2.75) is 26.8 Å². The summed E-state index contributed by atoms with van der Waals surface area (Å²) < 4.78 is 5.53. The van der Waals surface area contributed by atoms with E-state index in [0.29, 0.717) is 27.6 Å². The molecule has 2 aromatic carbocycles. The topological polar surface area (TPSA) is 79.7 Å². The van der Waals surface area contributed by atoms with Crippen LogP contribution in [0.15, 0.2) is 59.9 Å². The fourth-order valence-electron chi connectivity index (χ4n) is 3.93. The zero-order valence-corrected chi connectivity index (χ0v) is 18.5. The van der Waals surface area contributed by atoms with Crippen LogP contribution in [0.5, 0.6) is 5.75 Å². The molecule has 1 atom stereocenters. The van der Waals surface area contributed by atoms with Crippen molar-refractivity contribution in [2.24, 2.45) is 0 Å². The number of methoxy groups -OCH3 is 1. The summed E-state index contributed by atoms with van der Waals surface area (Å²) in [5.41, 5.74) is 2.77. The Bertz CT molecular complexity index is 1230. The number of hydrogen-bond donors (Lipinski definition) is 1. The lowest BCUT2D eigenvalue weighted by molar-refractivity contribution is -0.117. The molecule has 6 nitrogen and oxygen atoms in total. The summed E-state index contributed by atoms with van der Waals surface area (Å²) in [4.78, 5) is 33.1. The Hall–Kier alpha value is -3.45. The van der Waals surface area contributed by atoms with Crippen molar-refractivity contribution in [3.05, 3.63) is 86.6 Å². The highest BCUT2D eigenvalue weighted by molar-refractivity contribution is 7.14. The molecule has 1 N–H and O–H groups in total. The van der Waals surface area contributed by atoms with Gasteiger partial charge in [-0.05, 0) is 44.5 Å². The monoisotopic (exact) mass is 434 g/mol. The molecule has 7 heteroatoms. The molecule has 0 bridgehead atoms. The van der Waals surface area contributed by atoms with Crippen LogP contribution in [-0.2, 0) is 4.79 Å². The third kappa shape index (κ3) is 3.51. The number of rotatable bonds is 5.